The van der Waals surface area contributed by atoms with Gasteiger partial charge in [0.2, 0.25) is 0 Å². The number of nitrogens with two attached hydrogens (primary N) is 1. The maximum atomic E-state index is 10.7. The molecular formula is C11H19N2O7P. The van der Waals surface area contributed by atoms with Crippen molar-refractivity contribution in [3.8, 4) is 0 Å². The van der Waals surface area contributed by atoms with E-state index in [4.69, 9.17) is 15.0 Å². The molecule has 1 aliphatic rings. The molecule has 10 heteroatoms. The molecule has 1 saturated heterocycles. The maximum absolute atomic E-state index is 10.7. The number of hydrogen-bond acceptors (Lipinski definition) is 7. The second-order valence-corrected chi connectivity index (χ2v) is 6.11. The molecule has 120 valence electrons. The molecule has 1 fully saturated rings. The molecule has 1 aromatic heterocycles. The van der Waals surface area contributed by atoms with Crippen molar-refractivity contribution in [2.24, 2.45) is 5.73 Å². The number of hydrogen-bond donors (Lipinski definition) is 2. The lowest BCUT2D eigenvalue weighted by Crippen LogP contribution is -2.48. The average Bonchev–Trinajstić information content (AvgIpc) is 2.94. The molecule has 1 aliphatic heterocycles. The Balaban J connectivity index is 0.000000235. The van der Waals surface area contributed by atoms with Crippen molar-refractivity contribution < 1.29 is 27.8 Å². The van der Waals surface area contributed by atoms with Crippen molar-refractivity contribution in [1.29, 1.82) is 0 Å². The number of furan rings is 1. The summed E-state index contributed by atoms with van der Waals surface area (Å²) >= 11 is 0. The van der Waals surface area contributed by atoms with E-state index in [0.717, 1.165) is 5.76 Å². The van der Waals surface area contributed by atoms with Crippen molar-refractivity contribution in [2.45, 2.75) is 31.8 Å². The van der Waals surface area contributed by atoms with Crippen molar-refractivity contribution in [3.63, 3.8) is 0 Å². The standard InChI is InChI=1S/C6H9NO.C5H10NO6P/c1-5(7)6-3-2-4-8-6;1-2-5(6(7)8)3-11-13(9,10)12-4-5/h2-5H,7H2,1H3;2-4H2,1H3,(H,9,10). The quantitative estimate of drug-likeness (QED) is 0.488. The van der Waals surface area contributed by atoms with Gasteiger partial charge < -0.3 is 15.0 Å². The van der Waals surface area contributed by atoms with Crippen LogP contribution >= 0.6 is 7.82 Å². The molecule has 0 aromatic carbocycles. The van der Waals surface area contributed by atoms with E-state index in [1.807, 2.05) is 19.1 Å². The summed E-state index contributed by atoms with van der Waals surface area (Å²) < 4.78 is 24.5. The predicted molar refractivity (Wildman–Crippen MR) is 73.1 cm³/mol. The van der Waals surface area contributed by atoms with Crippen LogP contribution in [0.5, 0.6) is 0 Å². The van der Waals surface area contributed by atoms with Crippen LogP contribution in [0.15, 0.2) is 22.8 Å². The second kappa shape index (κ2) is 7.15. The van der Waals surface area contributed by atoms with Crippen molar-refractivity contribution in [3.05, 3.63) is 34.3 Å². The molecule has 0 spiro atoms. The summed E-state index contributed by atoms with van der Waals surface area (Å²) in [6.45, 7) is 2.72. The normalized spacial score (nSPS) is 30.1. The molecular weight excluding hydrogens is 303 g/mol. The van der Waals surface area contributed by atoms with E-state index in [1.54, 1.807) is 13.2 Å². The van der Waals surface area contributed by atoms with E-state index < -0.39 is 18.3 Å². The third-order valence-electron chi connectivity index (χ3n) is 3.03. The first-order chi connectivity index (χ1) is 9.72. The van der Waals surface area contributed by atoms with Crippen molar-refractivity contribution >= 4 is 7.82 Å². The van der Waals surface area contributed by atoms with Gasteiger partial charge in [-0.2, -0.15) is 0 Å². The van der Waals surface area contributed by atoms with Crippen LogP contribution in [0.1, 0.15) is 32.1 Å². The fourth-order valence-corrected chi connectivity index (χ4v) is 2.35. The van der Waals surface area contributed by atoms with E-state index in [0.29, 0.717) is 0 Å². The Morgan fingerprint density at radius 2 is 2.14 bits per heavy atom. The van der Waals surface area contributed by atoms with Crippen molar-refractivity contribution in [2.75, 3.05) is 13.2 Å². The molecule has 0 radical (unpaired) electrons. The third-order valence-corrected chi connectivity index (χ3v) is 3.94. The van der Waals surface area contributed by atoms with E-state index in [2.05, 4.69) is 9.05 Å². The molecule has 0 saturated carbocycles. The first-order valence-corrected chi connectivity index (χ1v) is 7.77. The number of phosphoric acid groups is 1. The highest BCUT2D eigenvalue weighted by molar-refractivity contribution is 7.47. The SMILES string of the molecule is CC(N)c1ccco1.CCC1([N+](=O)[O-])COP(=O)(O)OC1. The summed E-state index contributed by atoms with van der Waals surface area (Å²) in [6, 6.07) is 3.72. The number of nitrogens with zero attached hydrogens (tertiary/aromatic N) is 1. The Morgan fingerprint density at radius 3 is 2.43 bits per heavy atom. The molecule has 0 bridgehead atoms. The summed E-state index contributed by atoms with van der Waals surface area (Å²) in [7, 11) is -4.02. The van der Waals surface area contributed by atoms with Gasteiger partial charge in [-0.05, 0) is 19.1 Å². The molecule has 9 nitrogen and oxygen atoms in total. The van der Waals surface area contributed by atoms with Crippen LogP contribution in [-0.4, -0.2) is 28.6 Å². The minimum absolute atomic E-state index is 0.0185. The topological polar surface area (TPSA) is 138 Å². The Bertz CT molecular complexity index is 491. The molecule has 2 heterocycles. The van der Waals surface area contributed by atoms with Gasteiger partial charge in [-0.1, -0.05) is 6.92 Å². The summed E-state index contributed by atoms with van der Waals surface area (Å²) in [5.41, 5.74) is 4.09. The number of rotatable bonds is 3. The zero-order valence-corrected chi connectivity index (χ0v) is 12.7. The highest BCUT2D eigenvalue weighted by Crippen LogP contribution is 2.48. The molecule has 3 N–H and O–H groups in total. The van der Waals surface area contributed by atoms with E-state index >= 15 is 0 Å². The van der Waals surface area contributed by atoms with Gasteiger partial charge in [0, 0.05) is 11.3 Å². The fraction of sp³-hybridized carbons (Fsp3) is 0.636. The molecule has 21 heavy (non-hydrogen) atoms. The van der Waals surface area contributed by atoms with Crippen LogP contribution in [0.4, 0.5) is 0 Å². The highest BCUT2D eigenvalue weighted by atomic mass is 31.2. The lowest BCUT2D eigenvalue weighted by molar-refractivity contribution is -0.579. The maximum Gasteiger partial charge on any atom is 0.472 e. The number of phosphoric ester groups is 1. The Hall–Kier alpha value is -1.25. The van der Waals surface area contributed by atoms with Gasteiger partial charge in [0.25, 0.3) is 5.54 Å². The third kappa shape index (κ3) is 4.90. The van der Waals surface area contributed by atoms with Crippen molar-refractivity contribution in [1.82, 2.24) is 0 Å². The molecule has 0 aliphatic carbocycles. The van der Waals surface area contributed by atoms with Gasteiger partial charge in [0.05, 0.1) is 12.3 Å². The molecule has 0 amide bonds. The average molecular weight is 322 g/mol. The fourth-order valence-electron chi connectivity index (χ4n) is 1.47. The lowest BCUT2D eigenvalue weighted by atomic mass is 10.0. The molecule has 1 aromatic rings. The highest BCUT2D eigenvalue weighted by Gasteiger charge is 2.49. The van der Waals surface area contributed by atoms with E-state index in [1.165, 1.54) is 0 Å². The van der Waals surface area contributed by atoms with Crippen LogP contribution in [-0.2, 0) is 13.6 Å². The van der Waals surface area contributed by atoms with Gasteiger partial charge in [-0.3, -0.25) is 19.2 Å². The minimum atomic E-state index is -4.02. The summed E-state index contributed by atoms with van der Waals surface area (Å²) in [5, 5.41) is 10.6. The van der Waals surface area contributed by atoms with Gasteiger partial charge in [0.1, 0.15) is 19.0 Å². The van der Waals surface area contributed by atoms with Crippen LogP contribution in [0, 0.1) is 10.1 Å². The minimum Gasteiger partial charge on any atom is -0.468 e. The lowest BCUT2D eigenvalue weighted by Gasteiger charge is -2.29. The van der Waals surface area contributed by atoms with Gasteiger partial charge >= 0.3 is 7.82 Å². The summed E-state index contributed by atoms with van der Waals surface area (Å²) in [6.07, 6.45) is 1.82. The Labute approximate surface area is 121 Å². The second-order valence-electron chi connectivity index (χ2n) is 4.65. The van der Waals surface area contributed by atoms with Crippen LogP contribution in [0.3, 0.4) is 0 Å². The van der Waals surface area contributed by atoms with Gasteiger partial charge in [-0.15, -0.1) is 0 Å². The summed E-state index contributed by atoms with van der Waals surface area (Å²) in [5.74, 6) is 0.838. The smallest absolute Gasteiger partial charge is 0.468 e. The molecule has 2 rings (SSSR count). The molecule has 1 unspecified atom stereocenters. The van der Waals surface area contributed by atoms with Crippen LogP contribution in [0.25, 0.3) is 0 Å². The van der Waals surface area contributed by atoms with Gasteiger partial charge in [0.15, 0.2) is 0 Å². The van der Waals surface area contributed by atoms with Crippen LogP contribution < -0.4 is 5.73 Å². The van der Waals surface area contributed by atoms with Crippen LogP contribution in [0.2, 0.25) is 0 Å². The largest absolute Gasteiger partial charge is 0.472 e. The van der Waals surface area contributed by atoms with E-state index in [9.17, 15) is 14.7 Å². The first kappa shape index (κ1) is 17.8. The van der Waals surface area contributed by atoms with Gasteiger partial charge in [-0.25, -0.2) is 4.57 Å². The van der Waals surface area contributed by atoms with E-state index in [-0.39, 0.29) is 25.7 Å². The summed E-state index contributed by atoms with van der Waals surface area (Å²) in [4.78, 5) is 18.8. The monoisotopic (exact) mass is 322 g/mol. The predicted octanol–water partition coefficient (Wildman–Crippen LogP) is 1.86. The zero-order valence-electron chi connectivity index (χ0n) is 11.8. The number of nitro groups is 1. The zero-order chi connectivity index (χ0) is 16.1. The molecule has 1 atom stereocenters. The first-order valence-electron chi connectivity index (χ1n) is 6.28. The Morgan fingerprint density at radius 1 is 1.57 bits per heavy atom. The Kier molecular flexibility index (Phi) is 6.06.